The van der Waals surface area contributed by atoms with Crippen LogP contribution in [0, 0.1) is 12.7 Å². The molecule has 0 aliphatic heterocycles. The van der Waals surface area contributed by atoms with E-state index in [1.165, 1.54) is 7.05 Å². The Hall–Kier alpha value is -3.64. The number of carboxylic acid groups (broad SMARTS) is 1. The van der Waals surface area contributed by atoms with Crippen molar-refractivity contribution in [1.82, 2.24) is 14.9 Å². The molecule has 0 saturated carbocycles. The molecular formula is C17H18F4N6O3. The highest BCUT2D eigenvalue weighted by atomic mass is 19.4. The fourth-order valence-corrected chi connectivity index (χ4v) is 2.25. The van der Waals surface area contributed by atoms with Crippen molar-refractivity contribution in [3.63, 3.8) is 0 Å². The van der Waals surface area contributed by atoms with E-state index in [9.17, 15) is 27.2 Å². The van der Waals surface area contributed by atoms with Gasteiger partial charge in [0, 0.05) is 37.6 Å². The predicted molar refractivity (Wildman–Crippen MR) is 100.0 cm³/mol. The Balaban J connectivity index is 2.03. The minimum absolute atomic E-state index is 0.139. The smallest absolute Gasteiger partial charge is 0.419 e. The molecule has 2 aromatic rings. The van der Waals surface area contributed by atoms with Gasteiger partial charge in [-0.1, -0.05) is 0 Å². The van der Waals surface area contributed by atoms with Gasteiger partial charge < -0.3 is 20.6 Å². The molecule has 162 valence electrons. The number of halogens is 4. The molecule has 0 fully saturated rings. The third-order valence-electron chi connectivity index (χ3n) is 3.69. The first-order chi connectivity index (χ1) is 14.0. The molecule has 1 heterocycles. The van der Waals surface area contributed by atoms with Crippen LogP contribution in [0.25, 0.3) is 0 Å². The molecule has 0 saturated heterocycles. The van der Waals surface area contributed by atoms with Gasteiger partial charge in [-0.2, -0.15) is 18.2 Å². The molecule has 1 aromatic carbocycles. The maximum atomic E-state index is 13.3. The number of nitrogens with zero attached hydrogens (tertiary/aromatic N) is 3. The zero-order chi connectivity index (χ0) is 22.5. The summed E-state index contributed by atoms with van der Waals surface area (Å²) in [4.78, 5) is 31.9. The van der Waals surface area contributed by atoms with E-state index in [2.05, 4.69) is 25.9 Å². The Bertz CT molecular complexity index is 938. The number of likely N-dealkylation sites (N-methyl/N-ethyl adjacent to an activating group) is 1. The van der Waals surface area contributed by atoms with Gasteiger partial charge in [0.1, 0.15) is 11.6 Å². The number of amides is 3. The third kappa shape index (κ3) is 6.46. The second-order valence-corrected chi connectivity index (χ2v) is 6.12. The van der Waals surface area contributed by atoms with Crippen LogP contribution in [0.5, 0.6) is 0 Å². The number of hydrogen-bond donors (Lipinski definition) is 4. The van der Waals surface area contributed by atoms with Crippen LogP contribution >= 0.6 is 0 Å². The van der Waals surface area contributed by atoms with Crippen molar-refractivity contribution in [3.05, 3.63) is 41.3 Å². The highest BCUT2D eigenvalue weighted by molar-refractivity contribution is 5.98. The number of rotatable bonds is 6. The van der Waals surface area contributed by atoms with Gasteiger partial charge in [0.15, 0.2) is 0 Å². The number of anilines is 3. The van der Waals surface area contributed by atoms with Crippen LogP contribution in [0.1, 0.15) is 11.3 Å². The van der Waals surface area contributed by atoms with Gasteiger partial charge in [0.05, 0.1) is 5.56 Å². The summed E-state index contributed by atoms with van der Waals surface area (Å²) >= 11 is 0. The summed E-state index contributed by atoms with van der Waals surface area (Å²) in [7, 11) is 1.40. The lowest BCUT2D eigenvalue weighted by Gasteiger charge is -2.14. The Morgan fingerprint density at radius 1 is 1.17 bits per heavy atom. The maximum Gasteiger partial charge on any atom is 0.419 e. The first kappa shape index (κ1) is 22.6. The SMILES string of the molecule is Cc1cc(NCCN(C)C(=O)O)nc(NC(=O)Nc2ccc(F)c(C(F)(F)F)c2)n1. The molecule has 0 spiro atoms. The van der Waals surface area contributed by atoms with Gasteiger partial charge in [-0.15, -0.1) is 0 Å². The number of carbonyl (C=O) groups is 2. The molecule has 0 unspecified atom stereocenters. The van der Waals surface area contributed by atoms with Crippen LogP contribution < -0.4 is 16.0 Å². The van der Waals surface area contributed by atoms with Crippen molar-refractivity contribution in [1.29, 1.82) is 0 Å². The summed E-state index contributed by atoms with van der Waals surface area (Å²) in [5.41, 5.74) is -1.32. The molecule has 0 radical (unpaired) electrons. The second-order valence-electron chi connectivity index (χ2n) is 6.12. The van der Waals surface area contributed by atoms with Crippen LogP contribution in [-0.4, -0.2) is 52.2 Å². The molecular weight excluding hydrogens is 412 g/mol. The van der Waals surface area contributed by atoms with E-state index in [1.54, 1.807) is 13.0 Å². The molecule has 1 aromatic heterocycles. The Morgan fingerprint density at radius 2 is 1.87 bits per heavy atom. The molecule has 13 heteroatoms. The number of carbonyl (C=O) groups excluding carboxylic acids is 1. The van der Waals surface area contributed by atoms with E-state index in [4.69, 9.17) is 5.11 Å². The average Bonchev–Trinajstić information content (AvgIpc) is 2.61. The van der Waals surface area contributed by atoms with Gasteiger partial charge in [-0.3, -0.25) is 5.32 Å². The highest BCUT2D eigenvalue weighted by Gasteiger charge is 2.34. The zero-order valence-corrected chi connectivity index (χ0v) is 15.8. The molecule has 0 aliphatic rings. The van der Waals surface area contributed by atoms with Crippen LogP contribution in [0.4, 0.5) is 44.6 Å². The van der Waals surface area contributed by atoms with Crippen molar-refractivity contribution in [3.8, 4) is 0 Å². The van der Waals surface area contributed by atoms with E-state index >= 15 is 0 Å². The van der Waals surface area contributed by atoms with Gasteiger partial charge in [0.25, 0.3) is 0 Å². The highest BCUT2D eigenvalue weighted by Crippen LogP contribution is 2.33. The number of aromatic nitrogens is 2. The second kappa shape index (κ2) is 9.24. The predicted octanol–water partition coefficient (Wildman–Crippen LogP) is 3.61. The van der Waals surface area contributed by atoms with Gasteiger partial charge in [-0.25, -0.2) is 19.0 Å². The van der Waals surface area contributed by atoms with Crippen LogP contribution in [0.3, 0.4) is 0 Å². The van der Waals surface area contributed by atoms with Crippen molar-refractivity contribution in [2.24, 2.45) is 0 Å². The average molecular weight is 430 g/mol. The number of alkyl halides is 3. The standard InChI is InChI=1S/C17H18F4N6O3/c1-9-7-13(22-5-6-27(2)16(29)30)25-14(23-9)26-15(28)24-10-3-4-12(18)11(8-10)17(19,20)21/h3-4,7-8H,5-6H2,1-2H3,(H,29,30)(H3,22,23,24,25,26,28). The summed E-state index contributed by atoms with van der Waals surface area (Å²) in [5.74, 6) is -1.29. The van der Waals surface area contributed by atoms with Crippen molar-refractivity contribution < 1.29 is 32.3 Å². The fraction of sp³-hybridized carbons (Fsp3) is 0.294. The summed E-state index contributed by atoms with van der Waals surface area (Å²) in [5, 5.41) is 16.1. The number of aryl methyl sites for hydroxylation is 1. The molecule has 9 nitrogen and oxygen atoms in total. The topological polar surface area (TPSA) is 119 Å². The molecule has 2 rings (SSSR count). The largest absolute Gasteiger partial charge is 0.465 e. The first-order valence-corrected chi connectivity index (χ1v) is 8.44. The summed E-state index contributed by atoms with van der Waals surface area (Å²) < 4.78 is 51.6. The molecule has 4 N–H and O–H groups in total. The van der Waals surface area contributed by atoms with Crippen LogP contribution in [0.2, 0.25) is 0 Å². The lowest BCUT2D eigenvalue weighted by Crippen LogP contribution is -2.30. The number of nitrogens with one attached hydrogen (secondary N) is 3. The van der Waals surface area contributed by atoms with Gasteiger partial charge in [-0.05, 0) is 25.1 Å². The van der Waals surface area contributed by atoms with Crippen LogP contribution in [-0.2, 0) is 6.18 Å². The van der Waals surface area contributed by atoms with Crippen molar-refractivity contribution >= 4 is 29.6 Å². The van der Waals surface area contributed by atoms with Gasteiger partial charge in [0.2, 0.25) is 5.95 Å². The van der Waals surface area contributed by atoms with E-state index in [0.29, 0.717) is 23.6 Å². The monoisotopic (exact) mass is 430 g/mol. The lowest BCUT2D eigenvalue weighted by atomic mass is 10.2. The maximum absolute atomic E-state index is 13.3. The van der Waals surface area contributed by atoms with E-state index in [1.807, 2.05) is 0 Å². The quantitative estimate of drug-likeness (QED) is 0.520. The Labute approximate surface area is 168 Å². The summed E-state index contributed by atoms with van der Waals surface area (Å²) in [6.07, 6.45) is -6.00. The Kier molecular flexibility index (Phi) is 6.97. The summed E-state index contributed by atoms with van der Waals surface area (Å²) in [6.45, 7) is 2.03. The molecule has 0 bridgehead atoms. The normalized spacial score (nSPS) is 11.0. The minimum atomic E-state index is -4.91. The fourth-order valence-electron chi connectivity index (χ4n) is 2.25. The Morgan fingerprint density at radius 3 is 2.50 bits per heavy atom. The van der Waals surface area contributed by atoms with Crippen molar-refractivity contribution in [2.45, 2.75) is 13.1 Å². The van der Waals surface area contributed by atoms with Crippen LogP contribution in [0.15, 0.2) is 24.3 Å². The molecule has 30 heavy (non-hydrogen) atoms. The number of benzene rings is 1. The molecule has 0 aliphatic carbocycles. The van der Waals surface area contributed by atoms with E-state index < -0.39 is 29.7 Å². The third-order valence-corrected chi connectivity index (χ3v) is 3.69. The summed E-state index contributed by atoms with van der Waals surface area (Å²) in [6, 6.07) is 2.67. The van der Waals surface area contributed by atoms with E-state index in [0.717, 1.165) is 11.0 Å². The molecule has 3 amide bonds. The first-order valence-electron chi connectivity index (χ1n) is 8.44. The number of urea groups is 1. The zero-order valence-electron chi connectivity index (χ0n) is 15.8. The lowest BCUT2D eigenvalue weighted by molar-refractivity contribution is -0.139. The van der Waals surface area contributed by atoms with Crippen molar-refractivity contribution in [2.75, 3.05) is 36.1 Å². The minimum Gasteiger partial charge on any atom is -0.465 e. The molecule has 0 atom stereocenters. The van der Waals surface area contributed by atoms with Gasteiger partial charge >= 0.3 is 18.3 Å². The van der Waals surface area contributed by atoms with E-state index in [-0.39, 0.29) is 24.7 Å². The number of hydrogen-bond acceptors (Lipinski definition) is 5.